The largest absolute Gasteiger partial charge is 0.368 e. The van der Waals surface area contributed by atoms with Crippen LogP contribution in [0, 0.1) is 12.7 Å². The molecular formula is C17H21FN2. The SMILES string of the molecule is Cc1ccc(CN(C)c2c(F)cccc2[C@@H](C)N)cc1. The number of para-hydroxylation sites is 1. The van der Waals surface area contributed by atoms with Gasteiger partial charge in [-0.3, -0.25) is 0 Å². The van der Waals surface area contributed by atoms with Crippen molar-refractivity contribution >= 4 is 5.69 Å². The zero-order valence-corrected chi connectivity index (χ0v) is 12.2. The number of nitrogens with zero attached hydrogens (tertiary/aromatic N) is 1. The zero-order valence-electron chi connectivity index (χ0n) is 12.2. The second-order valence-corrected chi connectivity index (χ2v) is 5.31. The highest BCUT2D eigenvalue weighted by atomic mass is 19.1. The van der Waals surface area contributed by atoms with Gasteiger partial charge in [0.15, 0.2) is 0 Å². The van der Waals surface area contributed by atoms with Crippen molar-refractivity contribution in [2.75, 3.05) is 11.9 Å². The summed E-state index contributed by atoms with van der Waals surface area (Å²) in [5, 5.41) is 0. The van der Waals surface area contributed by atoms with Crippen molar-refractivity contribution in [2.45, 2.75) is 26.4 Å². The van der Waals surface area contributed by atoms with Crippen molar-refractivity contribution in [3.8, 4) is 0 Å². The fourth-order valence-electron chi connectivity index (χ4n) is 2.35. The van der Waals surface area contributed by atoms with Gasteiger partial charge in [0.25, 0.3) is 0 Å². The summed E-state index contributed by atoms with van der Waals surface area (Å²) >= 11 is 0. The first-order chi connectivity index (χ1) is 9.49. The number of nitrogens with two attached hydrogens (primary N) is 1. The van der Waals surface area contributed by atoms with Crippen LogP contribution in [0.3, 0.4) is 0 Å². The van der Waals surface area contributed by atoms with Gasteiger partial charge in [-0.1, -0.05) is 42.0 Å². The number of halogens is 1. The fourth-order valence-corrected chi connectivity index (χ4v) is 2.35. The molecule has 0 aromatic heterocycles. The summed E-state index contributed by atoms with van der Waals surface area (Å²) in [7, 11) is 1.89. The first-order valence-corrected chi connectivity index (χ1v) is 6.79. The van der Waals surface area contributed by atoms with E-state index in [1.165, 1.54) is 11.6 Å². The molecule has 2 nitrogen and oxygen atoms in total. The summed E-state index contributed by atoms with van der Waals surface area (Å²) in [4.78, 5) is 1.92. The Morgan fingerprint density at radius 3 is 2.40 bits per heavy atom. The van der Waals surface area contributed by atoms with E-state index in [0.29, 0.717) is 12.2 Å². The lowest BCUT2D eigenvalue weighted by Gasteiger charge is -2.24. The van der Waals surface area contributed by atoms with Crippen molar-refractivity contribution in [1.82, 2.24) is 0 Å². The predicted octanol–water partition coefficient (Wildman–Crippen LogP) is 3.79. The second-order valence-electron chi connectivity index (χ2n) is 5.31. The van der Waals surface area contributed by atoms with Crippen LogP contribution in [-0.4, -0.2) is 7.05 Å². The average Bonchev–Trinajstić information content (AvgIpc) is 2.40. The van der Waals surface area contributed by atoms with Gasteiger partial charge >= 0.3 is 0 Å². The third-order valence-electron chi connectivity index (χ3n) is 3.43. The van der Waals surface area contributed by atoms with Crippen LogP contribution in [0.5, 0.6) is 0 Å². The zero-order chi connectivity index (χ0) is 14.7. The number of benzene rings is 2. The molecule has 0 aliphatic heterocycles. The van der Waals surface area contributed by atoms with Crippen LogP contribution in [0.1, 0.15) is 29.7 Å². The third-order valence-corrected chi connectivity index (χ3v) is 3.43. The van der Waals surface area contributed by atoms with Gasteiger partial charge in [-0.25, -0.2) is 4.39 Å². The van der Waals surface area contributed by atoms with Crippen LogP contribution in [0.4, 0.5) is 10.1 Å². The van der Waals surface area contributed by atoms with E-state index in [4.69, 9.17) is 5.73 Å². The van der Waals surface area contributed by atoms with E-state index in [-0.39, 0.29) is 11.9 Å². The standard InChI is InChI=1S/C17H21FN2/c1-12-7-9-14(10-8-12)11-20(3)17-15(13(2)19)5-4-6-16(17)18/h4-10,13H,11,19H2,1-3H3/t13-/m1/s1. The summed E-state index contributed by atoms with van der Waals surface area (Å²) in [6, 6.07) is 13.1. The van der Waals surface area contributed by atoms with E-state index in [1.807, 2.05) is 24.9 Å². The minimum Gasteiger partial charge on any atom is -0.368 e. The Balaban J connectivity index is 2.29. The number of aryl methyl sites for hydroxylation is 1. The van der Waals surface area contributed by atoms with Gasteiger partial charge in [0.2, 0.25) is 0 Å². The molecule has 0 unspecified atom stereocenters. The molecule has 0 heterocycles. The Morgan fingerprint density at radius 1 is 1.15 bits per heavy atom. The van der Waals surface area contributed by atoms with E-state index in [1.54, 1.807) is 6.07 Å². The maximum atomic E-state index is 14.1. The summed E-state index contributed by atoms with van der Waals surface area (Å²) in [6.45, 7) is 4.58. The van der Waals surface area contributed by atoms with Crippen LogP contribution in [-0.2, 0) is 6.54 Å². The summed E-state index contributed by atoms with van der Waals surface area (Å²) in [5.41, 5.74) is 9.73. The average molecular weight is 272 g/mol. The van der Waals surface area contributed by atoms with E-state index in [2.05, 4.69) is 31.2 Å². The van der Waals surface area contributed by atoms with Crippen LogP contribution < -0.4 is 10.6 Å². The van der Waals surface area contributed by atoms with Crippen LogP contribution >= 0.6 is 0 Å². The van der Waals surface area contributed by atoms with E-state index < -0.39 is 0 Å². The van der Waals surface area contributed by atoms with Gasteiger partial charge in [-0.05, 0) is 31.0 Å². The fraction of sp³-hybridized carbons (Fsp3) is 0.294. The Bertz CT molecular complexity index is 576. The molecular weight excluding hydrogens is 251 g/mol. The maximum absolute atomic E-state index is 14.1. The maximum Gasteiger partial charge on any atom is 0.146 e. The summed E-state index contributed by atoms with van der Waals surface area (Å²) < 4.78 is 14.1. The minimum absolute atomic E-state index is 0.193. The molecule has 0 bridgehead atoms. The molecule has 0 amide bonds. The Hall–Kier alpha value is -1.87. The molecule has 0 fully saturated rings. The lowest BCUT2D eigenvalue weighted by Crippen LogP contribution is -2.21. The Labute approximate surface area is 120 Å². The molecule has 2 rings (SSSR count). The van der Waals surface area contributed by atoms with E-state index in [9.17, 15) is 4.39 Å². The molecule has 0 saturated heterocycles. The lowest BCUT2D eigenvalue weighted by atomic mass is 10.0. The highest BCUT2D eigenvalue weighted by molar-refractivity contribution is 5.55. The molecule has 0 aliphatic carbocycles. The summed E-state index contributed by atoms with van der Waals surface area (Å²) in [6.07, 6.45) is 0. The molecule has 0 aliphatic rings. The molecule has 0 saturated carbocycles. The number of hydrogen-bond donors (Lipinski definition) is 1. The normalized spacial score (nSPS) is 12.2. The third kappa shape index (κ3) is 3.17. The molecule has 0 radical (unpaired) electrons. The molecule has 0 spiro atoms. The van der Waals surface area contributed by atoms with Gasteiger partial charge in [0.05, 0.1) is 5.69 Å². The smallest absolute Gasteiger partial charge is 0.146 e. The predicted molar refractivity (Wildman–Crippen MR) is 82.3 cm³/mol. The van der Waals surface area contributed by atoms with Crippen molar-refractivity contribution in [3.05, 3.63) is 65.0 Å². The highest BCUT2D eigenvalue weighted by Crippen LogP contribution is 2.28. The number of anilines is 1. The van der Waals surface area contributed by atoms with Gasteiger partial charge in [0.1, 0.15) is 5.82 Å². The van der Waals surface area contributed by atoms with Crippen LogP contribution in [0.25, 0.3) is 0 Å². The van der Waals surface area contributed by atoms with Crippen molar-refractivity contribution in [3.63, 3.8) is 0 Å². The highest BCUT2D eigenvalue weighted by Gasteiger charge is 2.15. The Kier molecular flexibility index (Phi) is 4.40. The van der Waals surface area contributed by atoms with E-state index in [0.717, 1.165) is 11.1 Å². The first kappa shape index (κ1) is 14.5. The van der Waals surface area contributed by atoms with Crippen molar-refractivity contribution in [2.24, 2.45) is 5.73 Å². The van der Waals surface area contributed by atoms with Gasteiger partial charge in [-0.15, -0.1) is 0 Å². The number of rotatable bonds is 4. The second kappa shape index (κ2) is 6.06. The number of hydrogen-bond acceptors (Lipinski definition) is 2. The van der Waals surface area contributed by atoms with Crippen molar-refractivity contribution < 1.29 is 4.39 Å². The minimum atomic E-state index is -0.227. The van der Waals surface area contributed by atoms with Gasteiger partial charge < -0.3 is 10.6 Å². The molecule has 2 aromatic rings. The van der Waals surface area contributed by atoms with Gasteiger partial charge in [0, 0.05) is 19.6 Å². The van der Waals surface area contributed by atoms with Gasteiger partial charge in [-0.2, -0.15) is 0 Å². The quantitative estimate of drug-likeness (QED) is 0.917. The Morgan fingerprint density at radius 2 is 1.80 bits per heavy atom. The topological polar surface area (TPSA) is 29.3 Å². The lowest BCUT2D eigenvalue weighted by molar-refractivity contribution is 0.616. The molecule has 20 heavy (non-hydrogen) atoms. The van der Waals surface area contributed by atoms with E-state index >= 15 is 0 Å². The van der Waals surface area contributed by atoms with Crippen LogP contribution in [0.15, 0.2) is 42.5 Å². The molecule has 3 heteroatoms. The van der Waals surface area contributed by atoms with Crippen molar-refractivity contribution in [1.29, 1.82) is 0 Å². The first-order valence-electron chi connectivity index (χ1n) is 6.79. The molecule has 106 valence electrons. The molecule has 2 N–H and O–H groups in total. The monoisotopic (exact) mass is 272 g/mol. The molecule has 1 atom stereocenters. The molecule has 2 aromatic carbocycles. The summed E-state index contributed by atoms with van der Waals surface area (Å²) in [5.74, 6) is -0.227. The van der Waals surface area contributed by atoms with Crippen LogP contribution in [0.2, 0.25) is 0 Å².